The molecule has 3 N–H and O–H groups in total. The molecule has 0 radical (unpaired) electrons. The van der Waals surface area contributed by atoms with E-state index in [1.807, 2.05) is 6.08 Å². The maximum atomic E-state index is 9.41. The van der Waals surface area contributed by atoms with Crippen molar-refractivity contribution in [2.75, 3.05) is 5.94 Å². The van der Waals surface area contributed by atoms with E-state index in [4.69, 9.17) is 5.73 Å². The van der Waals surface area contributed by atoms with Crippen molar-refractivity contribution < 1.29 is 5.11 Å². The first-order valence-corrected chi connectivity index (χ1v) is 7.86. The summed E-state index contributed by atoms with van der Waals surface area (Å²) in [5, 5.41) is 11.5. The second-order valence-electron chi connectivity index (χ2n) is 4.78. The normalized spacial score (nSPS) is 20.5. The van der Waals surface area contributed by atoms with Gasteiger partial charge in [0.25, 0.3) is 0 Å². The quantitative estimate of drug-likeness (QED) is 0.731. The van der Waals surface area contributed by atoms with E-state index < -0.39 is 10.9 Å². The van der Waals surface area contributed by atoms with Crippen LogP contribution in [0.25, 0.3) is 4.91 Å². The fraction of sp³-hybridized carbons (Fsp3) is 0.333. The van der Waals surface area contributed by atoms with Crippen molar-refractivity contribution in [3.8, 4) is 0 Å². The smallest absolute Gasteiger partial charge is 0.0780 e. The van der Waals surface area contributed by atoms with Gasteiger partial charge in [-0.25, -0.2) is 0 Å². The Labute approximate surface area is 112 Å². The van der Waals surface area contributed by atoms with Crippen LogP contribution in [0.1, 0.15) is 36.5 Å². The highest BCUT2D eigenvalue weighted by Gasteiger charge is 2.15. The Morgan fingerprint density at radius 3 is 2.72 bits per heavy atom. The molecule has 0 aromatic heterocycles. The zero-order valence-electron chi connectivity index (χ0n) is 10.9. The molecule has 2 rings (SSSR count). The lowest BCUT2D eigenvalue weighted by atomic mass is 9.97. The van der Waals surface area contributed by atoms with Crippen LogP contribution in [0.15, 0.2) is 35.8 Å². The van der Waals surface area contributed by atoms with Gasteiger partial charge in [-0.2, -0.15) is 10.9 Å². The first-order valence-electron chi connectivity index (χ1n) is 6.26. The van der Waals surface area contributed by atoms with Gasteiger partial charge >= 0.3 is 0 Å². The Balaban J connectivity index is 2.40. The van der Waals surface area contributed by atoms with Gasteiger partial charge < -0.3 is 10.8 Å². The number of benzene rings is 1. The Hall–Kier alpha value is -1.03. The molecule has 1 aliphatic rings. The molecule has 1 aromatic rings. The molecule has 1 unspecified atom stereocenters. The second kappa shape index (κ2) is 5.74. The van der Waals surface area contributed by atoms with Crippen LogP contribution < -0.4 is 5.73 Å². The van der Waals surface area contributed by atoms with E-state index in [-0.39, 0.29) is 5.94 Å². The summed E-state index contributed by atoms with van der Waals surface area (Å²) < 4.78 is 0. The molecule has 1 aromatic carbocycles. The predicted octanol–water partition coefficient (Wildman–Crippen LogP) is 3.09. The summed E-state index contributed by atoms with van der Waals surface area (Å²) in [5.41, 5.74) is 9.57. The van der Waals surface area contributed by atoms with Gasteiger partial charge in [-0.3, -0.25) is 0 Å². The lowest BCUT2D eigenvalue weighted by Crippen LogP contribution is -2.03. The number of aliphatic hydroxyl groups excluding tert-OH is 1. The lowest BCUT2D eigenvalue weighted by Gasteiger charge is -2.19. The molecule has 3 heteroatoms. The number of hydrogen-bond acceptors (Lipinski definition) is 2. The van der Waals surface area contributed by atoms with Gasteiger partial charge in [0, 0.05) is 11.4 Å². The number of allylic oxidation sites excluding steroid dienone is 2. The standard InChI is InChI=1S/C15H21NOS/c1-11(2)12-5-6-14(13(8-12)9-16)15-4-3-7-18(15)10-17/h3-8,11,17-18H,9-10,16H2,1-2H3. The molecule has 0 saturated carbocycles. The van der Waals surface area contributed by atoms with Crippen LogP contribution in [-0.2, 0) is 6.54 Å². The summed E-state index contributed by atoms with van der Waals surface area (Å²) in [7, 11) is -0.549. The lowest BCUT2D eigenvalue weighted by molar-refractivity contribution is 0.375. The highest BCUT2D eigenvalue weighted by atomic mass is 32.2. The van der Waals surface area contributed by atoms with Gasteiger partial charge in [-0.1, -0.05) is 38.1 Å². The SMILES string of the molecule is CC(C)c1ccc(C2=CC=C[SH]2CO)c(CN)c1. The maximum Gasteiger partial charge on any atom is 0.0780 e. The van der Waals surface area contributed by atoms with Crippen molar-refractivity contribution in [3.63, 3.8) is 0 Å². The van der Waals surface area contributed by atoms with E-state index in [1.165, 1.54) is 21.6 Å². The summed E-state index contributed by atoms with van der Waals surface area (Å²) in [5.74, 6) is 0.729. The maximum absolute atomic E-state index is 9.41. The minimum atomic E-state index is -0.549. The van der Waals surface area contributed by atoms with Gasteiger partial charge in [0.1, 0.15) is 0 Å². The number of rotatable bonds is 4. The molecule has 1 aliphatic heterocycles. The van der Waals surface area contributed by atoms with Crippen LogP contribution in [0.2, 0.25) is 0 Å². The summed E-state index contributed by atoms with van der Waals surface area (Å²) >= 11 is 0. The van der Waals surface area contributed by atoms with E-state index in [9.17, 15) is 5.11 Å². The van der Waals surface area contributed by atoms with E-state index in [1.54, 1.807) is 0 Å². The zero-order valence-corrected chi connectivity index (χ0v) is 11.8. The van der Waals surface area contributed by atoms with Crippen molar-refractivity contribution in [1.82, 2.24) is 0 Å². The highest BCUT2D eigenvalue weighted by molar-refractivity contribution is 8.27. The Morgan fingerprint density at radius 1 is 1.33 bits per heavy atom. The average molecular weight is 263 g/mol. The molecular formula is C15H21NOS. The Kier molecular flexibility index (Phi) is 4.27. The van der Waals surface area contributed by atoms with Crippen LogP contribution in [-0.4, -0.2) is 11.0 Å². The Bertz CT molecular complexity index is 491. The van der Waals surface area contributed by atoms with E-state index in [0.717, 1.165) is 0 Å². The van der Waals surface area contributed by atoms with E-state index >= 15 is 0 Å². The van der Waals surface area contributed by atoms with Gasteiger partial charge in [-0.05, 0) is 34.1 Å². The second-order valence-corrected chi connectivity index (χ2v) is 6.78. The molecule has 1 atom stereocenters. The fourth-order valence-electron chi connectivity index (χ4n) is 2.17. The molecule has 0 saturated heterocycles. The van der Waals surface area contributed by atoms with Crippen molar-refractivity contribution >= 4 is 15.8 Å². The molecule has 0 fully saturated rings. The Morgan fingerprint density at radius 2 is 2.11 bits per heavy atom. The van der Waals surface area contributed by atoms with Gasteiger partial charge in [0.05, 0.1) is 5.94 Å². The van der Waals surface area contributed by atoms with E-state index in [2.05, 4.69) is 43.5 Å². The molecular weight excluding hydrogens is 242 g/mol. The summed E-state index contributed by atoms with van der Waals surface area (Å²) in [6.45, 7) is 4.92. The molecule has 2 nitrogen and oxygen atoms in total. The van der Waals surface area contributed by atoms with Crippen LogP contribution in [0.4, 0.5) is 0 Å². The number of hydrogen-bond donors (Lipinski definition) is 3. The third kappa shape index (κ3) is 2.53. The number of nitrogens with two attached hydrogens (primary N) is 1. The molecule has 1 heterocycles. The predicted molar refractivity (Wildman–Crippen MR) is 81.6 cm³/mol. The molecule has 0 amide bonds. The van der Waals surface area contributed by atoms with Crippen LogP contribution in [0.3, 0.4) is 0 Å². The van der Waals surface area contributed by atoms with E-state index in [0.29, 0.717) is 12.5 Å². The van der Waals surface area contributed by atoms with Gasteiger partial charge in [-0.15, -0.1) is 0 Å². The number of thiol groups is 1. The van der Waals surface area contributed by atoms with Crippen LogP contribution in [0.5, 0.6) is 0 Å². The number of aliphatic hydroxyl groups is 1. The van der Waals surface area contributed by atoms with Crippen molar-refractivity contribution in [1.29, 1.82) is 0 Å². The monoisotopic (exact) mass is 263 g/mol. The van der Waals surface area contributed by atoms with Gasteiger partial charge in [0.15, 0.2) is 0 Å². The van der Waals surface area contributed by atoms with Crippen molar-refractivity contribution in [2.24, 2.45) is 5.73 Å². The first-order chi connectivity index (χ1) is 8.67. The molecule has 0 bridgehead atoms. The molecule has 18 heavy (non-hydrogen) atoms. The molecule has 0 spiro atoms. The summed E-state index contributed by atoms with van der Waals surface area (Å²) in [4.78, 5) is 1.24. The molecule has 0 aliphatic carbocycles. The largest absolute Gasteiger partial charge is 0.387 e. The molecule has 98 valence electrons. The first kappa shape index (κ1) is 13.4. The third-order valence-corrected chi connectivity index (χ3v) is 5.12. The van der Waals surface area contributed by atoms with Crippen molar-refractivity contribution in [2.45, 2.75) is 26.3 Å². The van der Waals surface area contributed by atoms with Crippen LogP contribution >= 0.6 is 10.9 Å². The summed E-state index contributed by atoms with van der Waals surface area (Å²) in [6, 6.07) is 6.52. The average Bonchev–Trinajstić information content (AvgIpc) is 2.85. The fourth-order valence-corrected chi connectivity index (χ4v) is 3.68. The van der Waals surface area contributed by atoms with Crippen molar-refractivity contribution in [3.05, 3.63) is 52.4 Å². The minimum Gasteiger partial charge on any atom is -0.387 e. The third-order valence-electron chi connectivity index (χ3n) is 3.27. The topological polar surface area (TPSA) is 46.2 Å². The summed E-state index contributed by atoms with van der Waals surface area (Å²) in [6.07, 6.45) is 4.14. The zero-order chi connectivity index (χ0) is 13.1. The van der Waals surface area contributed by atoms with Crippen LogP contribution in [0, 0.1) is 0 Å². The van der Waals surface area contributed by atoms with Gasteiger partial charge in [0.2, 0.25) is 0 Å². The highest BCUT2D eigenvalue weighted by Crippen LogP contribution is 2.47. The minimum absolute atomic E-state index is 0.216.